The average molecular weight is 355 g/mol. The minimum Gasteiger partial charge on any atom is -0.463 e. The molecule has 26 heavy (non-hydrogen) atoms. The second-order valence-corrected chi connectivity index (χ2v) is 6.81. The Bertz CT molecular complexity index is 788. The Balaban J connectivity index is 1.60. The molecule has 0 spiro atoms. The smallest absolute Gasteiger partial charge is 0.310 e. The summed E-state index contributed by atoms with van der Waals surface area (Å²) < 4.78 is 5.25. The van der Waals surface area contributed by atoms with E-state index in [0.29, 0.717) is 18.5 Å². The number of carbonyl (C=O) groups is 3. The zero-order chi connectivity index (χ0) is 18.8. The largest absolute Gasteiger partial charge is 0.463 e. The lowest BCUT2D eigenvalue weighted by Gasteiger charge is -2.34. The molecule has 136 valence electrons. The Morgan fingerprint density at radius 2 is 2.04 bits per heavy atom. The lowest BCUT2D eigenvalue weighted by atomic mass is 9.97. The topological polar surface area (TPSA) is 99.5 Å². The van der Waals surface area contributed by atoms with Crippen molar-refractivity contribution in [3.63, 3.8) is 0 Å². The van der Waals surface area contributed by atoms with Crippen LogP contribution in [0.1, 0.15) is 35.1 Å². The number of amides is 2. The van der Waals surface area contributed by atoms with E-state index in [1.165, 1.54) is 0 Å². The van der Waals surface area contributed by atoms with Gasteiger partial charge < -0.3 is 15.0 Å². The van der Waals surface area contributed by atoms with E-state index in [4.69, 9.17) is 10.00 Å². The third-order valence-electron chi connectivity index (χ3n) is 5.01. The summed E-state index contributed by atoms with van der Waals surface area (Å²) in [6.45, 7) is 4.09. The molecule has 7 nitrogen and oxygen atoms in total. The highest BCUT2D eigenvalue weighted by atomic mass is 16.5. The summed E-state index contributed by atoms with van der Waals surface area (Å²) in [6, 6.07) is 4.35. The highest BCUT2D eigenvalue weighted by Gasteiger charge is 2.43. The van der Waals surface area contributed by atoms with Crippen LogP contribution in [0.4, 0.5) is 0 Å². The first-order valence-electron chi connectivity index (χ1n) is 8.67. The highest BCUT2D eigenvalue weighted by molar-refractivity contribution is 5.97. The molecule has 0 aromatic heterocycles. The summed E-state index contributed by atoms with van der Waals surface area (Å²) >= 11 is 0. The van der Waals surface area contributed by atoms with E-state index in [9.17, 15) is 14.4 Å². The molecule has 7 heteroatoms. The quantitative estimate of drug-likeness (QED) is 0.804. The van der Waals surface area contributed by atoms with Crippen molar-refractivity contribution in [2.75, 3.05) is 13.2 Å². The molecule has 2 aliphatic heterocycles. The first kappa shape index (κ1) is 17.9. The van der Waals surface area contributed by atoms with Gasteiger partial charge in [0.15, 0.2) is 0 Å². The zero-order valence-corrected chi connectivity index (χ0v) is 14.9. The van der Waals surface area contributed by atoms with Gasteiger partial charge in [0.05, 0.1) is 18.1 Å². The summed E-state index contributed by atoms with van der Waals surface area (Å²) in [7, 11) is 0. The number of carbonyl (C=O) groups excluding carboxylic acids is 3. The summed E-state index contributed by atoms with van der Waals surface area (Å²) in [5.41, 5.74) is 3.06. The molecule has 3 rings (SSSR count). The van der Waals surface area contributed by atoms with Crippen molar-refractivity contribution in [1.82, 2.24) is 10.2 Å². The van der Waals surface area contributed by atoms with Gasteiger partial charge >= 0.3 is 5.97 Å². The maximum atomic E-state index is 12.4. The first-order valence-corrected chi connectivity index (χ1v) is 8.67. The van der Waals surface area contributed by atoms with Crippen molar-refractivity contribution in [3.8, 4) is 6.07 Å². The Morgan fingerprint density at radius 3 is 2.69 bits per heavy atom. The lowest BCUT2D eigenvalue weighted by molar-refractivity contribution is -0.153. The monoisotopic (exact) mass is 355 g/mol. The summed E-state index contributed by atoms with van der Waals surface area (Å²) in [4.78, 5) is 38.2. The van der Waals surface area contributed by atoms with Crippen LogP contribution in [0.3, 0.4) is 0 Å². The summed E-state index contributed by atoms with van der Waals surface area (Å²) in [5.74, 6) is -0.834. The fraction of sp³-hybridized carbons (Fsp3) is 0.474. The molecular formula is C19H21N3O4. The molecule has 0 unspecified atom stereocenters. The van der Waals surface area contributed by atoms with E-state index in [0.717, 1.165) is 23.1 Å². The summed E-state index contributed by atoms with van der Waals surface area (Å²) in [6.07, 6.45) is 1.56. The molecule has 0 aliphatic carbocycles. The summed E-state index contributed by atoms with van der Waals surface area (Å²) in [5, 5.41) is 11.6. The predicted octanol–water partition coefficient (Wildman–Crippen LogP) is 0.750. The van der Waals surface area contributed by atoms with Gasteiger partial charge in [-0.05, 0) is 55.5 Å². The van der Waals surface area contributed by atoms with Gasteiger partial charge in [-0.2, -0.15) is 5.26 Å². The predicted molar refractivity (Wildman–Crippen MR) is 92.0 cm³/mol. The molecule has 2 heterocycles. The van der Waals surface area contributed by atoms with Gasteiger partial charge in [0.25, 0.3) is 0 Å². The second-order valence-electron chi connectivity index (χ2n) is 6.81. The molecule has 2 amide bonds. The average Bonchev–Trinajstić information content (AvgIpc) is 3.10. The fourth-order valence-electron chi connectivity index (χ4n) is 3.65. The number of aryl methyl sites for hydroxylation is 2. The van der Waals surface area contributed by atoms with E-state index in [2.05, 4.69) is 11.4 Å². The van der Waals surface area contributed by atoms with Crippen molar-refractivity contribution < 1.29 is 19.1 Å². The van der Waals surface area contributed by atoms with Crippen LogP contribution in [0, 0.1) is 25.2 Å². The number of esters is 1. The minimum absolute atomic E-state index is 0.0601. The van der Waals surface area contributed by atoms with Gasteiger partial charge in [0.2, 0.25) is 11.8 Å². The lowest BCUT2D eigenvalue weighted by Crippen LogP contribution is -2.62. The van der Waals surface area contributed by atoms with Crippen molar-refractivity contribution in [1.29, 1.82) is 5.26 Å². The number of ether oxygens (including phenoxy) is 1. The Morgan fingerprint density at radius 1 is 1.35 bits per heavy atom. The number of hydrogen-bond acceptors (Lipinski definition) is 5. The molecule has 1 aromatic carbocycles. The number of rotatable bonds is 4. The van der Waals surface area contributed by atoms with E-state index in [1.54, 1.807) is 17.0 Å². The maximum Gasteiger partial charge on any atom is 0.310 e. The van der Waals surface area contributed by atoms with E-state index in [1.807, 2.05) is 13.8 Å². The van der Waals surface area contributed by atoms with Gasteiger partial charge in [0, 0.05) is 6.54 Å². The Kier molecular flexibility index (Phi) is 4.94. The van der Waals surface area contributed by atoms with Gasteiger partial charge in [-0.25, -0.2) is 0 Å². The van der Waals surface area contributed by atoms with Gasteiger partial charge in [-0.3, -0.25) is 14.4 Å². The van der Waals surface area contributed by atoms with Crippen LogP contribution in [-0.4, -0.2) is 47.9 Å². The number of nitrogens with one attached hydrogen (secondary N) is 1. The van der Waals surface area contributed by atoms with Crippen molar-refractivity contribution in [2.45, 2.75) is 45.2 Å². The van der Waals surface area contributed by atoms with E-state index in [-0.39, 0.29) is 30.9 Å². The fourth-order valence-corrected chi connectivity index (χ4v) is 3.65. The molecule has 1 aromatic rings. The SMILES string of the molecule is Cc1cc(C#N)cc(C)c1CC(=O)OC[C@@H]1NC(=O)[C@@H]2CCCN2C1=O. The normalized spacial score (nSPS) is 21.8. The Hall–Kier alpha value is -2.88. The number of benzene rings is 1. The number of fused-ring (bicyclic) bond motifs is 1. The number of nitrogens with zero attached hydrogens (tertiary/aromatic N) is 2. The van der Waals surface area contributed by atoms with Crippen LogP contribution < -0.4 is 5.32 Å². The number of piperazine rings is 1. The van der Waals surface area contributed by atoms with Crippen LogP contribution in [-0.2, 0) is 25.5 Å². The van der Waals surface area contributed by atoms with Crippen LogP contribution in [0.5, 0.6) is 0 Å². The first-order chi connectivity index (χ1) is 12.4. The molecule has 2 fully saturated rings. The van der Waals surface area contributed by atoms with Crippen LogP contribution in [0.15, 0.2) is 12.1 Å². The highest BCUT2D eigenvalue weighted by Crippen LogP contribution is 2.22. The van der Waals surface area contributed by atoms with Gasteiger partial charge in [-0.1, -0.05) is 0 Å². The van der Waals surface area contributed by atoms with Crippen molar-refractivity contribution >= 4 is 17.8 Å². The zero-order valence-electron chi connectivity index (χ0n) is 14.9. The standard InChI is InChI=1S/C19H21N3O4/c1-11-6-13(9-20)7-12(2)14(11)8-17(23)26-10-15-19(25)22-5-3-4-16(22)18(24)21-15/h6-7,15-16H,3-5,8,10H2,1-2H3,(H,21,24)/t15-,16-/m0/s1. The molecule has 1 N–H and O–H groups in total. The molecule has 2 saturated heterocycles. The third-order valence-corrected chi connectivity index (χ3v) is 5.01. The van der Waals surface area contributed by atoms with Crippen LogP contribution in [0.2, 0.25) is 0 Å². The van der Waals surface area contributed by atoms with Crippen molar-refractivity contribution in [2.24, 2.45) is 0 Å². The molecule has 0 bridgehead atoms. The van der Waals surface area contributed by atoms with Gasteiger partial charge in [-0.15, -0.1) is 0 Å². The van der Waals surface area contributed by atoms with Gasteiger partial charge in [0.1, 0.15) is 18.7 Å². The van der Waals surface area contributed by atoms with Crippen LogP contribution >= 0.6 is 0 Å². The molecule has 0 saturated carbocycles. The molecule has 2 aliphatic rings. The minimum atomic E-state index is -0.816. The van der Waals surface area contributed by atoms with E-state index >= 15 is 0 Å². The third kappa shape index (κ3) is 3.40. The van der Waals surface area contributed by atoms with Crippen molar-refractivity contribution in [3.05, 3.63) is 34.4 Å². The molecule has 0 radical (unpaired) electrons. The molecule has 2 atom stereocenters. The van der Waals surface area contributed by atoms with E-state index < -0.39 is 12.0 Å². The maximum absolute atomic E-state index is 12.4. The Labute approximate surface area is 151 Å². The number of hydrogen-bond donors (Lipinski definition) is 1. The molecular weight excluding hydrogens is 334 g/mol. The van der Waals surface area contributed by atoms with Crippen LogP contribution in [0.25, 0.3) is 0 Å². The number of nitriles is 1. The second kappa shape index (κ2) is 7.16.